The Morgan fingerprint density at radius 1 is 1.47 bits per heavy atom. The van der Waals surface area contributed by atoms with E-state index in [0.717, 1.165) is 17.7 Å². The molecular formula is C15H19N3O. The van der Waals surface area contributed by atoms with Crippen LogP contribution in [0.2, 0.25) is 0 Å². The molecule has 100 valence electrons. The van der Waals surface area contributed by atoms with Crippen molar-refractivity contribution in [2.75, 3.05) is 11.4 Å². The Balaban J connectivity index is 2.28. The molecule has 0 aromatic heterocycles. The molecule has 1 fully saturated rings. The minimum atomic E-state index is -0.132. The number of hydrogen-bond donors (Lipinski definition) is 1. The summed E-state index contributed by atoms with van der Waals surface area (Å²) >= 11 is 0. The zero-order chi connectivity index (χ0) is 14.0. The number of nitrogens with one attached hydrogen (secondary N) is 1. The summed E-state index contributed by atoms with van der Waals surface area (Å²) in [6.45, 7) is 6.63. The highest BCUT2D eigenvalue weighted by molar-refractivity contribution is 6.00. The summed E-state index contributed by atoms with van der Waals surface area (Å²) in [6.07, 6.45) is 0.788. The fourth-order valence-corrected chi connectivity index (χ4v) is 2.50. The molecule has 1 saturated heterocycles. The lowest BCUT2D eigenvalue weighted by molar-refractivity contribution is -0.118. The van der Waals surface area contributed by atoms with Crippen LogP contribution in [0.15, 0.2) is 18.2 Å². The van der Waals surface area contributed by atoms with Gasteiger partial charge in [0.25, 0.3) is 0 Å². The Morgan fingerprint density at radius 2 is 2.21 bits per heavy atom. The third-order valence-corrected chi connectivity index (χ3v) is 3.39. The van der Waals surface area contributed by atoms with Gasteiger partial charge >= 0.3 is 0 Å². The summed E-state index contributed by atoms with van der Waals surface area (Å²) < 4.78 is 0. The quantitative estimate of drug-likeness (QED) is 0.900. The molecule has 1 aliphatic heterocycles. The van der Waals surface area contributed by atoms with E-state index in [9.17, 15) is 10.1 Å². The lowest BCUT2D eigenvalue weighted by Crippen LogP contribution is -2.41. The molecule has 0 saturated carbocycles. The van der Waals surface area contributed by atoms with Gasteiger partial charge in [-0.3, -0.25) is 4.79 Å². The number of carbonyl (C=O) groups excluding carboxylic acids is 1. The van der Waals surface area contributed by atoms with Crippen LogP contribution < -0.4 is 10.2 Å². The number of amides is 1. The Hall–Kier alpha value is -1.86. The molecule has 1 aromatic rings. The van der Waals surface area contributed by atoms with E-state index >= 15 is 0 Å². The van der Waals surface area contributed by atoms with Gasteiger partial charge in [-0.1, -0.05) is 26.0 Å². The standard InChI is InChI=1S/C15H19N3O/c1-10(2)17-13-7-8-18(15(13)19)14-6-4-5-11(3)12(14)9-16/h4-6,10,13,17H,7-8H2,1-3H3. The van der Waals surface area contributed by atoms with Crippen LogP contribution >= 0.6 is 0 Å². The van der Waals surface area contributed by atoms with E-state index < -0.39 is 0 Å². The normalized spacial score (nSPS) is 19.0. The van der Waals surface area contributed by atoms with E-state index in [1.807, 2.05) is 39.0 Å². The molecule has 4 heteroatoms. The molecule has 4 nitrogen and oxygen atoms in total. The fourth-order valence-electron chi connectivity index (χ4n) is 2.50. The van der Waals surface area contributed by atoms with Crippen molar-refractivity contribution in [3.8, 4) is 6.07 Å². The van der Waals surface area contributed by atoms with Crippen LogP contribution in [0, 0.1) is 18.3 Å². The van der Waals surface area contributed by atoms with Gasteiger partial charge in [-0.15, -0.1) is 0 Å². The first kappa shape index (κ1) is 13.6. The third kappa shape index (κ3) is 2.61. The molecule has 0 bridgehead atoms. The summed E-state index contributed by atoms with van der Waals surface area (Å²) in [7, 11) is 0. The maximum atomic E-state index is 12.4. The molecule has 0 radical (unpaired) electrons. The first-order valence-corrected chi connectivity index (χ1v) is 6.61. The van der Waals surface area contributed by atoms with Gasteiger partial charge in [-0.2, -0.15) is 5.26 Å². The molecule has 2 rings (SSSR count). The number of rotatable bonds is 3. The van der Waals surface area contributed by atoms with Crippen LogP contribution in [-0.2, 0) is 4.79 Å². The molecule has 1 heterocycles. The highest BCUT2D eigenvalue weighted by atomic mass is 16.2. The highest BCUT2D eigenvalue weighted by Gasteiger charge is 2.33. The molecule has 1 N–H and O–H groups in total. The molecule has 1 aliphatic rings. The van der Waals surface area contributed by atoms with Gasteiger partial charge in [-0.25, -0.2) is 0 Å². The zero-order valence-electron chi connectivity index (χ0n) is 11.6. The molecular weight excluding hydrogens is 238 g/mol. The topological polar surface area (TPSA) is 56.1 Å². The second kappa shape index (κ2) is 5.41. The van der Waals surface area contributed by atoms with Gasteiger partial charge in [0.15, 0.2) is 0 Å². The lowest BCUT2D eigenvalue weighted by Gasteiger charge is -2.20. The third-order valence-electron chi connectivity index (χ3n) is 3.39. The smallest absolute Gasteiger partial charge is 0.244 e. The predicted molar refractivity (Wildman–Crippen MR) is 74.9 cm³/mol. The zero-order valence-corrected chi connectivity index (χ0v) is 11.6. The van der Waals surface area contributed by atoms with Crippen LogP contribution in [0.25, 0.3) is 0 Å². The lowest BCUT2D eigenvalue weighted by atomic mass is 10.1. The Kier molecular flexibility index (Phi) is 3.87. The molecule has 1 amide bonds. The van der Waals surface area contributed by atoms with Crippen LogP contribution in [0.1, 0.15) is 31.4 Å². The van der Waals surface area contributed by atoms with Gasteiger partial charge in [0.1, 0.15) is 6.07 Å². The summed E-state index contributed by atoms with van der Waals surface area (Å²) in [6, 6.07) is 7.98. The maximum Gasteiger partial charge on any atom is 0.244 e. The van der Waals surface area contributed by atoms with Crippen molar-refractivity contribution >= 4 is 11.6 Å². The van der Waals surface area contributed by atoms with Crippen molar-refractivity contribution in [3.63, 3.8) is 0 Å². The van der Waals surface area contributed by atoms with E-state index in [2.05, 4.69) is 11.4 Å². The van der Waals surface area contributed by atoms with E-state index in [-0.39, 0.29) is 18.0 Å². The van der Waals surface area contributed by atoms with E-state index in [4.69, 9.17) is 0 Å². The summed E-state index contributed by atoms with van der Waals surface area (Å²) in [5.41, 5.74) is 2.25. The molecule has 1 unspecified atom stereocenters. The molecule has 1 atom stereocenters. The second-order valence-corrected chi connectivity index (χ2v) is 5.23. The molecule has 0 spiro atoms. The highest BCUT2D eigenvalue weighted by Crippen LogP contribution is 2.27. The number of anilines is 1. The summed E-state index contributed by atoms with van der Waals surface area (Å²) in [5.74, 6) is 0.0656. The second-order valence-electron chi connectivity index (χ2n) is 5.23. The van der Waals surface area contributed by atoms with E-state index in [0.29, 0.717) is 12.1 Å². The van der Waals surface area contributed by atoms with Crippen molar-refractivity contribution in [1.29, 1.82) is 5.26 Å². The van der Waals surface area contributed by atoms with Crippen LogP contribution in [-0.4, -0.2) is 24.5 Å². The van der Waals surface area contributed by atoms with Crippen molar-refractivity contribution in [2.45, 2.75) is 39.3 Å². The van der Waals surface area contributed by atoms with Crippen molar-refractivity contribution in [2.24, 2.45) is 0 Å². The van der Waals surface area contributed by atoms with Crippen LogP contribution in [0.4, 0.5) is 5.69 Å². The molecule has 0 aliphatic carbocycles. The van der Waals surface area contributed by atoms with Crippen LogP contribution in [0.5, 0.6) is 0 Å². The number of aryl methyl sites for hydroxylation is 1. The Bertz CT molecular complexity index is 531. The average Bonchev–Trinajstić information content (AvgIpc) is 2.70. The van der Waals surface area contributed by atoms with Gasteiger partial charge in [0.05, 0.1) is 17.3 Å². The van der Waals surface area contributed by atoms with Gasteiger partial charge in [0.2, 0.25) is 5.91 Å². The van der Waals surface area contributed by atoms with E-state index in [1.165, 1.54) is 0 Å². The summed E-state index contributed by atoms with van der Waals surface area (Å²) in [5, 5.41) is 12.5. The van der Waals surface area contributed by atoms with Gasteiger partial charge in [-0.05, 0) is 25.0 Å². The predicted octanol–water partition coefficient (Wildman–Crippen LogP) is 1.97. The average molecular weight is 257 g/mol. The SMILES string of the molecule is Cc1cccc(N2CCC(NC(C)C)C2=O)c1C#N. The van der Waals surface area contributed by atoms with Crippen molar-refractivity contribution < 1.29 is 4.79 Å². The van der Waals surface area contributed by atoms with Gasteiger partial charge in [0, 0.05) is 12.6 Å². The minimum absolute atomic E-state index is 0.0656. The summed E-state index contributed by atoms with van der Waals surface area (Å²) in [4.78, 5) is 14.1. The van der Waals surface area contributed by atoms with Crippen molar-refractivity contribution in [1.82, 2.24) is 5.32 Å². The van der Waals surface area contributed by atoms with Crippen molar-refractivity contribution in [3.05, 3.63) is 29.3 Å². The fraction of sp³-hybridized carbons (Fsp3) is 0.467. The van der Waals surface area contributed by atoms with Gasteiger partial charge < -0.3 is 10.2 Å². The minimum Gasteiger partial charge on any atom is -0.310 e. The number of nitriles is 1. The number of hydrogen-bond acceptors (Lipinski definition) is 3. The maximum absolute atomic E-state index is 12.4. The monoisotopic (exact) mass is 257 g/mol. The molecule has 1 aromatic carbocycles. The Labute approximate surface area is 114 Å². The first-order valence-electron chi connectivity index (χ1n) is 6.61. The Morgan fingerprint density at radius 3 is 2.84 bits per heavy atom. The molecule has 19 heavy (non-hydrogen) atoms. The van der Waals surface area contributed by atoms with Crippen LogP contribution in [0.3, 0.4) is 0 Å². The largest absolute Gasteiger partial charge is 0.310 e. The first-order chi connectivity index (χ1) is 9.04. The van der Waals surface area contributed by atoms with E-state index in [1.54, 1.807) is 4.90 Å². The number of nitrogens with zero attached hydrogens (tertiary/aromatic N) is 2. The number of carbonyl (C=O) groups is 1. The number of benzene rings is 1.